The smallest absolute Gasteiger partial charge is 0.303 e. The van der Waals surface area contributed by atoms with Crippen molar-refractivity contribution in [2.45, 2.75) is 95.8 Å². The first-order valence-corrected chi connectivity index (χ1v) is 20.1. The molecule has 29 heteroatoms. The van der Waals surface area contributed by atoms with Crippen molar-refractivity contribution in [1.82, 2.24) is 39.0 Å². The molecule has 0 unspecified atom stereocenters. The van der Waals surface area contributed by atoms with Crippen LogP contribution >= 0.6 is 0 Å². The largest absolute Gasteiger partial charge is 0.463 e. The summed E-state index contributed by atoms with van der Waals surface area (Å²) in [6.07, 6.45) is -5.28. The number of anilines is 2. The number of ether oxygens (including phenoxy) is 8. The summed E-state index contributed by atoms with van der Waals surface area (Å²) in [5.74, 6) is -4.28. The van der Waals surface area contributed by atoms with Crippen LogP contribution in [0.25, 0.3) is 22.3 Å². The van der Waals surface area contributed by atoms with Crippen molar-refractivity contribution in [1.29, 1.82) is 10.5 Å². The topological polar surface area (TPSA) is 397 Å². The highest BCUT2D eigenvalue weighted by Crippen LogP contribution is 2.38. The number of carbonyl (C=O) groups excluding carboxylic acids is 6. The first-order chi connectivity index (χ1) is 30.1. The zero-order valence-electron chi connectivity index (χ0n) is 34.8. The summed E-state index contributed by atoms with van der Waals surface area (Å²) in [5.41, 5.74) is 12.1. The van der Waals surface area contributed by atoms with Crippen molar-refractivity contribution in [3.05, 3.63) is 18.5 Å². The van der Waals surface area contributed by atoms with E-state index in [1.807, 2.05) is 0 Å². The molecule has 0 aromatic carbocycles. The van der Waals surface area contributed by atoms with E-state index in [1.165, 1.54) is 49.5 Å². The van der Waals surface area contributed by atoms with Gasteiger partial charge in [0.25, 0.3) is 5.16 Å². The fourth-order valence-corrected chi connectivity index (χ4v) is 6.79. The van der Waals surface area contributed by atoms with E-state index < -0.39 is 99.9 Å². The van der Waals surface area contributed by atoms with Crippen molar-refractivity contribution in [2.24, 2.45) is 0 Å². The van der Waals surface area contributed by atoms with Crippen LogP contribution in [-0.2, 0) is 76.5 Å². The van der Waals surface area contributed by atoms with Crippen LogP contribution in [0.5, 0.6) is 0 Å². The molecule has 0 saturated carbocycles. The zero-order valence-corrected chi connectivity index (χ0v) is 35.6. The van der Waals surface area contributed by atoms with Gasteiger partial charge in [0.2, 0.25) is 15.7 Å². The predicted molar refractivity (Wildman–Crippen MR) is 207 cm³/mol. The van der Waals surface area contributed by atoms with E-state index in [4.69, 9.17) is 59.9 Å². The molecule has 2 aliphatic rings. The Morgan fingerprint density at radius 3 is 1.39 bits per heavy atom. The summed E-state index contributed by atoms with van der Waals surface area (Å²) in [6, 6.07) is 1.79. The van der Waals surface area contributed by atoms with E-state index >= 15 is 0 Å². The Balaban J connectivity index is 0.000000271. The average molecular weight is 917 g/mol. The van der Waals surface area contributed by atoms with E-state index in [1.54, 1.807) is 6.07 Å². The van der Waals surface area contributed by atoms with Gasteiger partial charge in [0.1, 0.15) is 42.5 Å². The van der Waals surface area contributed by atoms with Gasteiger partial charge < -0.3 is 49.4 Å². The Kier molecular flexibility index (Phi) is 15.7. The van der Waals surface area contributed by atoms with Crippen molar-refractivity contribution in [3.8, 4) is 12.6 Å². The van der Waals surface area contributed by atoms with Gasteiger partial charge in [-0.25, -0.2) is 23.6 Å². The fraction of sp³-hybridized carbons (Fsp3) is 0.486. The van der Waals surface area contributed by atoms with E-state index in [2.05, 4.69) is 36.5 Å². The van der Waals surface area contributed by atoms with Gasteiger partial charge in [-0.3, -0.25) is 37.9 Å². The Morgan fingerprint density at radius 1 is 0.656 bits per heavy atom. The van der Waals surface area contributed by atoms with Gasteiger partial charge in [0, 0.05) is 54.4 Å². The summed E-state index contributed by atoms with van der Waals surface area (Å²) in [6.45, 7) is 10.0. The molecule has 2 fully saturated rings. The van der Waals surface area contributed by atoms with Crippen LogP contribution in [0.1, 0.15) is 59.8 Å². The molecule has 4 aromatic heterocycles. The minimum Gasteiger partial charge on any atom is -0.463 e. The maximum Gasteiger partial charge on any atom is 0.303 e. The molecular weight excluding hydrogens is 877 g/mol. The molecule has 6 rings (SSSR count). The second-order valence-corrected chi connectivity index (χ2v) is 15.3. The molecule has 0 spiro atoms. The second kappa shape index (κ2) is 20.5. The predicted octanol–water partition coefficient (Wildman–Crippen LogP) is -1.12. The number of sulfone groups is 1. The molecule has 8 atom stereocenters. The van der Waals surface area contributed by atoms with Gasteiger partial charge in [-0.05, 0) is 0 Å². The quantitative estimate of drug-likeness (QED) is 0.102. The Labute approximate surface area is 361 Å². The highest BCUT2D eigenvalue weighted by atomic mass is 32.2. The fourth-order valence-electron chi connectivity index (χ4n) is 6.28. The number of fused-ring (bicyclic) bond motifs is 2. The number of hydrogen-bond acceptors (Lipinski definition) is 26. The standard InChI is InChI=1S/C17H18N6O7.C17H21N5O9S.CHN/c1-7(24)27-5-10-13(28-8(2)25)14(29-9(3)26)17(30-10)23-6-20-12-15(19)21-11(4-18)22-16(12)23;1-7(23)28-5-10-12(29-8(2)24)13(30-9(3)25)16(31-10)22-6-19-11-14(18)20-17(21-15(11)22)32(4,26)27;1-2/h6,10,13-14,17H,5H2,1-3H3,(H2,19,21,22);6,10,12-13,16H,5H2,1-4H3,(H2,18,20,21);1H/t10-,13-,14-,17-;10-,12-,13-,16-;/m11./s1. The third-order valence-corrected chi connectivity index (χ3v) is 9.38. The Bertz CT molecular complexity index is 2630. The molecule has 0 bridgehead atoms. The minimum absolute atomic E-state index is 0.0187. The average Bonchev–Trinajstić information content (AvgIpc) is 3.97. The van der Waals surface area contributed by atoms with E-state index in [0.29, 0.717) is 0 Å². The summed E-state index contributed by atoms with van der Waals surface area (Å²) in [4.78, 5) is 93.2. The van der Waals surface area contributed by atoms with Gasteiger partial charge in [0.15, 0.2) is 59.8 Å². The van der Waals surface area contributed by atoms with E-state index in [-0.39, 0.29) is 53.0 Å². The van der Waals surface area contributed by atoms with Gasteiger partial charge in [-0.2, -0.15) is 25.2 Å². The Hall–Kier alpha value is -7.63. The van der Waals surface area contributed by atoms with Crippen molar-refractivity contribution < 1.29 is 75.1 Å². The van der Waals surface area contributed by atoms with Gasteiger partial charge in [0.05, 0.1) is 12.7 Å². The first kappa shape index (κ1) is 49.0. The lowest BCUT2D eigenvalue weighted by Gasteiger charge is -2.23. The summed E-state index contributed by atoms with van der Waals surface area (Å²) in [5, 5.41) is 15.1. The number of rotatable bonds is 11. The van der Waals surface area contributed by atoms with Gasteiger partial charge in [-0.1, -0.05) is 0 Å². The number of nitrogen functional groups attached to an aromatic ring is 2. The normalized spacial score (nSPS) is 22.4. The Morgan fingerprint density at radius 2 is 1.03 bits per heavy atom. The summed E-state index contributed by atoms with van der Waals surface area (Å²) in [7, 11) is -3.82. The van der Waals surface area contributed by atoms with Crippen LogP contribution in [-0.4, -0.2) is 139 Å². The third kappa shape index (κ3) is 11.4. The number of esters is 6. The number of hydrogen-bond donors (Lipinski definition) is 2. The third-order valence-electron chi connectivity index (χ3n) is 8.54. The lowest BCUT2D eigenvalue weighted by molar-refractivity contribution is -0.166. The van der Waals surface area contributed by atoms with Crippen LogP contribution in [0.15, 0.2) is 17.8 Å². The maximum atomic E-state index is 12.0. The lowest BCUT2D eigenvalue weighted by atomic mass is 10.1. The molecule has 64 heavy (non-hydrogen) atoms. The van der Waals surface area contributed by atoms with Gasteiger partial charge >= 0.3 is 35.8 Å². The molecular formula is C35H40N12O16S. The number of nitrogens with two attached hydrogens (primary N) is 2. The van der Waals surface area contributed by atoms with E-state index in [9.17, 15) is 37.2 Å². The molecule has 0 amide bonds. The maximum absolute atomic E-state index is 12.0. The molecule has 2 aliphatic heterocycles. The summed E-state index contributed by atoms with van der Waals surface area (Å²) < 4.78 is 69.7. The molecule has 28 nitrogen and oxygen atoms in total. The number of nitrogens with zero attached hydrogens (tertiary/aromatic N) is 10. The van der Waals surface area contributed by atoms with Crippen LogP contribution in [0, 0.1) is 23.2 Å². The highest BCUT2D eigenvalue weighted by Gasteiger charge is 2.52. The van der Waals surface area contributed by atoms with Crippen LogP contribution in [0.3, 0.4) is 0 Å². The molecule has 0 aliphatic carbocycles. The molecule has 342 valence electrons. The highest BCUT2D eigenvalue weighted by molar-refractivity contribution is 7.90. The van der Waals surface area contributed by atoms with Crippen LogP contribution < -0.4 is 11.5 Å². The molecule has 0 radical (unpaired) electrons. The molecule has 4 aromatic rings. The molecule has 2 saturated heterocycles. The monoisotopic (exact) mass is 916 g/mol. The van der Waals surface area contributed by atoms with Crippen molar-refractivity contribution >= 4 is 79.6 Å². The van der Waals surface area contributed by atoms with Crippen LogP contribution in [0.2, 0.25) is 0 Å². The zero-order chi connectivity index (χ0) is 47.8. The summed E-state index contributed by atoms with van der Waals surface area (Å²) >= 11 is 0. The molecule has 4 N–H and O–H groups in total. The SMILES string of the molecule is C#N.CC(=O)OC[C@H]1O[C@@H](n2cnc3c(N)nc(C#N)nc32)[C@H](OC(C)=O)[C@@H]1OC(C)=O.CC(=O)OC[C@H]1O[C@@H](n2cnc3c(N)nc(S(C)(=O)=O)nc32)[C@H](OC(C)=O)[C@@H]1OC(C)=O. The number of aromatic nitrogens is 8. The number of carbonyl (C=O) groups is 6. The van der Waals surface area contributed by atoms with Crippen molar-refractivity contribution in [2.75, 3.05) is 30.9 Å². The second-order valence-electron chi connectivity index (χ2n) is 13.4. The molecule has 6 heterocycles. The number of nitriles is 2. The van der Waals surface area contributed by atoms with Crippen molar-refractivity contribution in [3.63, 3.8) is 0 Å². The minimum atomic E-state index is -3.82. The van der Waals surface area contributed by atoms with Gasteiger partial charge in [-0.15, -0.1) is 0 Å². The first-order valence-electron chi connectivity index (χ1n) is 18.2. The van der Waals surface area contributed by atoms with Crippen LogP contribution in [0.4, 0.5) is 11.6 Å². The van der Waals surface area contributed by atoms with E-state index in [0.717, 1.165) is 20.1 Å². The number of imidazole rings is 2. The lowest BCUT2D eigenvalue weighted by Crippen LogP contribution is -2.40.